The summed E-state index contributed by atoms with van der Waals surface area (Å²) >= 11 is 1.64. The minimum atomic E-state index is 0.464. The van der Waals surface area contributed by atoms with Crippen LogP contribution in [0.4, 0.5) is 0 Å². The molecule has 86 valence electrons. The molecule has 0 saturated carbocycles. The van der Waals surface area contributed by atoms with Gasteiger partial charge in [-0.1, -0.05) is 18.2 Å². The molecule has 0 amide bonds. The molecule has 0 radical (unpaired) electrons. The Morgan fingerprint density at radius 2 is 2.18 bits per heavy atom. The van der Waals surface area contributed by atoms with Crippen LogP contribution in [-0.2, 0) is 13.1 Å². The zero-order valence-corrected chi connectivity index (χ0v) is 10.0. The van der Waals surface area contributed by atoms with Crippen molar-refractivity contribution in [3.8, 4) is 0 Å². The average molecular weight is 244 g/mol. The van der Waals surface area contributed by atoms with Gasteiger partial charge in [0.15, 0.2) is 0 Å². The summed E-state index contributed by atoms with van der Waals surface area (Å²) in [6.45, 7) is 1.17. The van der Waals surface area contributed by atoms with Gasteiger partial charge in [-0.3, -0.25) is 4.68 Å². The van der Waals surface area contributed by atoms with E-state index in [2.05, 4.69) is 22.2 Å². The topological polar surface area (TPSA) is 56.7 Å². The number of fused-ring (bicyclic) bond motifs is 1. The van der Waals surface area contributed by atoms with E-state index in [9.17, 15) is 0 Å². The summed E-state index contributed by atoms with van der Waals surface area (Å²) in [5.74, 6) is 0. The molecular weight excluding hydrogens is 232 g/mol. The SMILES string of the molecule is NCc1nn(Cc2nccs2)c2ccccc12. The van der Waals surface area contributed by atoms with Crippen LogP contribution in [-0.4, -0.2) is 14.8 Å². The lowest BCUT2D eigenvalue weighted by atomic mass is 10.2. The standard InChI is InChI=1S/C12H12N4S/c13-7-10-9-3-1-2-4-11(9)16(15-10)8-12-14-5-6-17-12/h1-6H,7-8,13H2. The van der Waals surface area contributed by atoms with Gasteiger partial charge in [-0.2, -0.15) is 5.10 Å². The van der Waals surface area contributed by atoms with Crippen molar-refractivity contribution in [3.05, 3.63) is 46.5 Å². The smallest absolute Gasteiger partial charge is 0.114 e. The minimum absolute atomic E-state index is 0.464. The lowest BCUT2D eigenvalue weighted by molar-refractivity contribution is 0.690. The fourth-order valence-electron chi connectivity index (χ4n) is 1.93. The fraction of sp³-hybridized carbons (Fsp3) is 0.167. The maximum absolute atomic E-state index is 5.71. The highest BCUT2D eigenvalue weighted by molar-refractivity contribution is 7.09. The number of benzene rings is 1. The largest absolute Gasteiger partial charge is 0.325 e. The van der Waals surface area contributed by atoms with Gasteiger partial charge in [0.25, 0.3) is 0 Å². The summed E-state index contributed by atoms with van der Waals surface area (Å²) in [5.41, 5.74) is 7.77. The fourth-order valence-corrected chi connectivity index (χ4v) is 2.52. The minimum Gasteiger partial charge on any atom is -0.325 e. The molecule has 0 aliphatic heterocycles. The van der Waals surface area contributed by atoms with E-state index in [4.69, 9.17) is 5.73 Å². The quantitative estimate of drug-likeness (QED) is 0.766. The van der Waals surface area contributed by atoms with E-state index in [1.807, 2.05) is 28.4 Å². The van der Waals surface area contributed by atoms with Gasteiger partial charge in [0.2, 0.25) is 0 Å². The van der Waals surface area contributed by atoms with Crippen molar-refractivity contribution in [1.29, 1.82) is 0 Å². The van der Waals surface area contributed by atoms with Gasteiger partial charge in [0.05, 0.1) is 17.8 Å². The summed E-state index contributed by atoms with van der Waals surface area (Å²) < 4.78 is 1.97. The molecule has 0 aliphatic carbocycles. The molecule has 0 bridgehead atoms. The number of nitrogens with zero attached hydrogens (tertiary/aromatic N) is 3. The van der Waals surface area contributed by atoms with E-state index in [0.717, 1.165) is 21.6 Å². The summed E-state index contributed by atoms with van der Waals surface area (Å²) in [6, 6.07) is 8.15. The number of rotatable bonds is 3. The van der Waals surface area contributed by atoms with Crippen molar-refractivity contribution in [2.75, 3.05) is 0 Å². The summed E-state index contributed by atoms with van der Waals surface area (Å²) in [7, 11) is 0. The molecule has 17 heavy (non-hydrogen) atoms. The lowest BCUT2D eigenvalue weighted by Crippen LogP contribution is -2.03. The summed E-state index contributed by atoms with van der Waals surface area (Å²) in [4.78, 5) is 4.28. The van der Waals surface area contributed by atoms with Crippen LogP contribution in [0.2, 0.25) is 0 Å². The predicted molar refractivity (Wildman–Crippen MR) is 68.8 cm³/mol. The highest BCUT2D eigenvalue weighted by Gasteiger charge is 2.09. The van der Waals surface area contributed by atoms with Crippen molar-refractivity contribution in [2.45, 2.75) is 13.1 Å². The van der Waals surface area contributed by atoms with Gasteiger partial charge in [0, 0.05) is 23.5 Å². The van der Waals surface area contributed by atoms with Crippen molar-refractivity contribution < 1.29 is 0 Å². The predicted octanol–water partition coefficient (Wildman–Crippen LogP) is 2.00. The first kappa shape index (κ1) is 10.4. The van der Waals surface area contributed by atoms with E-state index in [1.165, 1.54) is 0 Å². The van der Waals surface area contributed by atoms with Crippen LogP contribution in [0, 0.1) is 0 Å². The molecule has 3 rings (SSSR count). The Morgan fingerprint density at radius 3 is 2.94 bits per heavy atom. The molecule has 5 heteroatoms. The zero-order valence-electron chi connectivity index (χ0n) is 9.21. The Balaban J connectivity index is 2.10. The van der Waals surface area contributed by atoms with E-state index >= 15 is 0 Å². The maximum atomic E-state index is 5.71. The van der Waals surface area contributed by atoms with Crippen molar-refractivity contribution in [3.63, 3.8) is 0 Å². The first-order valence-corrected chi connectivity index (χ1v) is 6.29. The van der Waals surface area contributed by atoms with Crippen LogP contribution in [0.15, 0.2) is 35.8 Å². The Bertz CT molecular complexity index is 627. The third kappa shape index (κ3) is 1.83. The zero-order chi connectivity index (χ0) is 11.7. The highest BCUT2D eigenvalue weighted by Crippen LogP contribution is 2.19. The van der Waals surface area contributed by atoms with Crippen LogP contribution in [0.25, 0.3) is 10.9 Å². The summed E-state index contributed by atoms with van der Waals surface area (Å²) in [6.07, 6.45) is 1.82. The van der Waals surface area contributed by atoms with E-state index < -0.39 is 0 Å². The van der Waals surface area contributed by atoms with Gasteiger partial charge in [-0.05, 0) is 6.07 Å². The molecule has 0 aliphatic rings. The molecular formula is C12H12N4S. The van der Waals surface area contributed by atoms with E-state index in [1.54, 1.807) is 11.3 Å². The van der Waals surface area contributed by atoms with Crippen LogP contribution < -0.4 is 5.73 Å². The van der Waals surface area contributed by atoms with Gasteiger partial charge in [-0.15, -0.1) is 11.3 Å². The van der Waals surface area contributed by atoms with Gasteiger partial charge >= 0.3 is 0 Å². The Kier molecular flexibility index (Phi) is 2.62. The Labute approximate surface area is 103 Å². The van der Waals surface area contributed by atoms with Crippen molar-refractivity contribution >= 4 is 22.2 Å². The molecule has 0 saturated heterocycles. The molecule has 0 unspecified atom stereocenters. The maximum Gasteiger partial charge on any atom is 0.114 e. The van der Waals surface area contributed by atoms with Gasteiger partial charge in [-0.25, -0.2) is 4.98 Å². The average Bonchev–Trinajstić information content (AvgIpc) is 2.98. The van der Waals surface area contributed by atoms with E-state index in [-0.39, 0.29) is 0 Å². The van der Waals surface area contributed by atoms with E-state index in [0.29, 0.717) is 13.1 Å². The first-order valence-electron chi connectivity index (χ1n) is 5.41. The molecule has 1 aromatic carbocycles. The summed E-state index contributed by atoms with van der Waals surface area (Å²) in [5, 5.41) is 8.71. The number of para-hydroxylation sites is 1. The molecule has 2 heterocycles. The lowest BCUT2D eigenvalue weighted by Gasteiger charge is -1.99. The molecule has 0 atom stereocenters. The van der Waals surface area contributed by atoms with Crippen molar-refractivity contribution in [2.24, 2.45) is 5.73 Å². The third-order valence-electron chi connectivity index (χ3n) is 2.70. The molecule has 2 N–H and O–H groups in total. The van der Waals surface area contributed by atoms with Crippen LogP contribution in [0.1, 0.15) is 10.7 Å². The molecule has 3 aromatic rings. The molecule has 4 nitrogen and oxygen atoms in total. The second kappa shape index (κ2) is 4.27. The Hall–Kier alpha value is -1.72. The number of hydrogen-bond acceptors (Lipinski definition) is 4. The van der Waals surface area contributed by atoms with Gasteiger partial charge in [0.1, 0.15) is 5.01 Å². The van der Waals surface area contributed by atoms with Crippen LogP contribution in [0.5, 0.6) is 0 Å². The van der Waals surface area contributed by atoms with Crippen LogP contribution >= 0.6 is 11.3 Å². The van der Waals surface area contributed by atoms with Gasteiger partial charge < -0.3 is 5.73 Å². The normalized spacial score (nSPS) is 11.1. The third-order valence-corrected chi connectivity index (χ3v) is 3.46. The van der Waals surface area contributed by atoms with Crippen molar-refractivity contribution in [1.82, 2.24) is 14.8 Å². The first-order chi connectivity index (χ1) is 8.38. The number of hydrogen-bond donors (Lipinski definition) is 1. The highest BCUT2D eigenvalue weighted by atomic mass is 32.1. The molecule has 0 fully saturated rings. The second-order valence-corrected chi connectivity index (χ2v) is 4.73. The number of aromatic nitrogens is 3. The number of nitrogens with two attached hydrogens (primary N) is 1. The Morgan fingerprint density at radius 1 is 1.29 bits per heavy atom. The monoisotopic (exact) mass is 244 g/mol. The second-order valence-electron chi connectivity index (χ2n) is 3.75. The molecule has 2 aromatic heterocycles. The van der Waals surface area contributed by atoms with Crippen LogP contribution in [0.3, 0.4) is 0 Å². The molecule has 0 spiro atoms. The number of thiazole rings is 1.